The van der Waals surface area contributed by atoms with E-state index in [2.05, 4.69) is 51.8 Å². The van der Waals surface area contributed by atoms with Gasteiger partial charge in [0.25, 0.3) is 0 Å². The lowest BCUT2D eigenvalue weighted by atomic mass is 10.0. The van der Waals surface area contributed by atoms with Crippen LogP contribution in [0.15, 0.2) is 0 Å². The molecule has 1 unspecified atom stereocenters. The topological polar surface area (TPSA) is 35.6 Å². The van der Waals surface area contributed by atoms with Crippen molar-refractivity contribution in [1.29, 1.82) is 0 Å². The van der Waals surface area contributed by atoms with Crippen LogP contribution in [0.1, 0.15) is 48.0 Å². The normalized spacial score (nSPS) is 13.2. The van der Waals surface area contributed by atoms with Crippen molar-refractivity contribution < 1.29 is 4.79 Å². The quantitative estimate of drug-likeness (QED) is 0.737. The predicted molar refractivity (Wildman–Crippen MR) is 82.5 cm³/mol. The first-order chi connectivity index (χ1) is 8.79. The molecule has 0 bridgehead atoms. The summed E-state index contributed by atoms with van der Waals surface area (Å²) in [5.74, 6) is 0.613. The molecule has 0 radical (unpaired) electrons. The molecular formula is C15H33N3O. The van der Waals surface area contributed by atoms with Gasteiger partial charge < -0.3 is 10.2 Å². The summed E-state index contributed by atoms with van der Waals surface area (Å²) in [5, 5.41) is 3.00. The van der Waals surface area contributed by atoms with Gasteiger partial charge in [-0.05, 0) is 39.7 Å². The molecule has 0 saturated carbocycles. The molecule has 1 atom stereocenters. The highest BCUT2D eigenvalue weighted by molar-refractivity contribution is 5.74. The summed E-state index contributed by atoms with van der Waals surface area (Å²) in [6, 6.07) is 0.847. The third-order valence-electron chi connectivity index (χ3n) is 3.61. The smallest absolute Gasteiger partial charge is 0.317 e. The van der Waals surface area contributed by atoms with Gasteiger partial charge in [0.05, 0.1) is 0 Å². The van der Waals surface area contributed by atoms with Gasteiger partial charge in [0, 0.05) is 32.2 Å². The van der Waals surface area contributed by atoms with Gasteiger partial charge in [0.2, 0.25) is 0 Å². The standard InChI is InChI=1S/C15H33N3O/c1-8-18(13(4)5)10-9-16-15(19)17(7)14(6)11-12(2)3/h12-14H,8-11H2,1-7H3,(H,16,19). The fourth-order valence-corrected chi connectivity index (χ4v) is 2.25. The van der Waals surface area contributed by atoms with E-state index in [4.69, 9.17) is 0 Å². The maximum Gasteiger partial charge on any atom is 0.317 e. The average molecular weight is 271 g/mol. The molecule has 1 N–H and O–H groups in total. The third-order valence-corrected chi connectivity index (χ3v) is 3.61. The summed E-state index contributed by atoms with van der Waals surface area (Å²) in [6.45, 7) is 15.6. The Bertz CT molecular complexity index is 254. The highest BCUT2D eigenvalue weighted by atomic mass is 16.2. The highest BCUT2D eigenvalue weighted by Crippen LogP contribution is 2.09. The minimum absolute atomic E-state index is 0.0351. The van der Waals surface area contributed by atoms with Gasteiger partial charge >= 0.3 is 6.03 Å². The molecule has 0 aromatic rings. The molecule has 0 rings (SSSR count). The van der Waals surface area contributed by atoms with Crippen LogP contribution in [-0.2, 0) is 0 Å². The SMILES string of the molecule is CCN(CCNC(=O)N(C)C(C)CC(C)C)C(C)C. The Morgan fingerprint density at radius 2 is 1.74 bits per heavy atom. The van der Waals surface area contributed by atoms with Crippen LogP contribution in [0.2, 0.25) is 0 Å². The lowest BCUT2D eigenvalue weighted by molar-refractivity contribution is 0.182. The lowest BCUT2D eigenvalue weighted by Gasteiger charge is -2.28. The first-order valence-electron chi connectivity index (χ1n) is 7.54. The summed E-state index contributed by atoms with van der Waals surface area (Å²) >= 11 is 0. The number of nitrogens with zero attached hydrogens (tertiary/aromatic N) is 2. The van der Waals surface area contributed by atoms with Crippen LogP contribution < -0.4 is 5.32 Å². The molecule has 4 heteroatoms. The second kappa shape index (κ2) is 9.18. The molecule has 0 fully saturated rings. The van der Waals surface area contributed by atoms with Gasteiger partial charge in [-0.15, -0.1) is 0 Å². The molecule has 0 aromatic carbocycles. The van der Waals surface area contributed by atoms with Gasteiger partial charge in [0.15, 0.2) is 0 Å². The van der Waals surface area contributed by atoms with Crippen LogP contribution in [0, 0.1) is 5.92 Å². The minimum Gasteiger partial charge on any atom is -0.337 e. The molecule has 2 amide bonds. The molecule has 0 saturated heterocycles. The molecule has 0 aliphatic rings. The van der Waals surface area contributed by atoms with Crippen molar-refractivity contribution in [2.75, 3.05) is 26.7 Å². The van der Waals surface area contributed by atoms with Crippen molar-refractivity contribution in [1.82, 2.24) is 15.1 Å². The summed E-state index contributed by atoms with van der Waals surface area (Å²) in [5.41, 5.74) is 0. The molecule has 114 valence electrons. The Kier molecular flexibility index (Phi) is 8.81. The number of carbonyl (C=O) groups excluding carboxylic acids is 1. The van der Waals surface area contributed by atoms with Crippen molar-refractivity contribution in [2.45, 2.75) is 60.0 Å². The number of hydrogen-bond acceptors (Lipinski definition) is 2. The van der Waals surface area contributed by atoms with E-state index >= 15 is 0 Å². The maximum absolute atomic E-state index is 12.0. The van der Waals surface area contributed by atoms with Gasteiger partial charge in [-0.3, -0.25) is 4.90 Å². The molecule has 0 heterocycles. The van der Waals surface area contributed by atoms with Crippen LogP contribution in [0.5, 0.6) is 0 Å². The molecule has 0 spiro atoms. The third kappa shape index (κ3) is 7.41. The highest BCUT2D eigenvalue weighted by Gasteiger charge is 2.16. The van der Waals surface area contributed by atoms with Crippen LogP contribution in [0.25, 0.3) is 0 Å². The number of hydrogen-bond donors (Lipinski definition) is 1. The van der Waals surface area contributed by atoms with E-state index in [1.165, 1.54) is 0 Å². The zero-order chi connectivity index (χ0) is 15.0. The number of urea groups is 1. The van der Waals surface area contributed by atoms with Gasteiger partial charge in [-0.2, -0.15) is 0 Å². The minimum atomic E-state index is 0.0351. The van der Waals surface area contributed by atoms with Gasteiger partial charge in [-0.1, -0.05) is 20.8 Å². The fraction of sp³-hybridized carbons (Fsp3) is 0.933. The molecular weight excluding hydrogens is 238 g/mol. The van der Waals surface area contributed by atoms with E-state index < -0.39 is 0 Å². The second-order valence-corrected chi connectivity index (χ2v) is 6.04. The van der Waals surface area contributed by atoms with E-state index in [0.717, 1.165) is 19.5 Å². The summed E-state index contributed by atoms with van der Waals surface area (Å²) < 4.78 is 0. The molecule has 4 nitrogen and oxygen atoms in total. The van der Waals surface area contributed by atoms with Crippen LogP contribution in [0.4, 0.5) is 4.79 Å². The second-order valence-electron chi connectivity index (χ2n) is 6.04. The van der Waals surface area contributed by atoms with Crippen molar-refractivity contribution in [3.63, 3.8) is 0 Å². The van der Waals surface area contributed by atoms with Crippen molar-refractivity contribution in [3.8, 4) is 0 Å². The first-order valence-corrected chi connectivity index (χ1v) is 7.54. The van der Waals surface area contributed by atoms with E-state index in [1.807, 2.05) is 11.9 Å². The molecule has 0 aromatic heterocycles. The van der Waals surface area contributed by atoms with Crippen molar-refractivity contribution >= 4 is 6.03 Å². The van der Waals surface area contributed by atoms with Crippen molar-refractivity contribution in [2.24, 2.45) is 5.92 Å². The van der Waals surface area contributed by atoms with E-state index in [0.29, 0.717) is 18.5 Å². The Labute approximate surface area is 119 Å². The van der Waals surface area contributed by atoms with Crippen LogP contribution >= 0.6 is 0 Å². The van der Waals surface area contributed by atoms with E-state index in [-0.39, 0.29) is 12.1 Å². The molecule has 19 heavy (non-hydrogen) atoms. The maximum atomic E-state index is 12.0. The Balaban J connectivity index is 4.03. The summed E-state index contributed by atoms with van der Waals surface area (Å²) in [4.78, 5) is 16.2. The first kappa shape index (κ1) is 18.2. The van der Waals surface area contributed by atoms with Crippen molar-refractivity contribution in [3.05, 3.63) is 0 Å². The molecule has 0 aliphatic carbocycles. The number of nitrogens with one attached hydrogen (secondary N) is 1. The Hall–Kier alpha value is -0.770. The summed E-state index contributed by atoms with van der Waals surface area (Å²) in [6.07, 6.45) is 1.04. The monoisotopic (exact) mass is 271 g/mol. The summed E-state index contributed by atoms with van der Waals surface area (Å²) in [7, 11) is 1.88. The number of carbonyl (C=O) groups is 1. The van der Waals surface area contributed by atoms with E-state index in [9.17, 15) is 4.79 Å². The number of rotatable bonds is 8. The average Bonchev–Trinajstić information content (AvgIpc) is 2.31. The lowest BCUT2D eigenvalue weighted by Crippen LogP contribution is -2.45. The largest absolute Gasteiger partial charge is 0.337 e. The van der Waals surface area contributed by atoms with Crippen LogP contribution in [0.3, 0.4) is 0 Å². The van der Waals surface area contributed by atoms with E-state index in [1.54, 1.807) is 0 Å². The Morgan fingerprint density at radius 3 is 2.16 bits per heavy atom. The zero-order valence-corrected chi connectivity index (χ0v) is 13.9. The number of amides is 2. The zero-order valence-electron chi connectivity index (χ0n) is 13.9. The predicted octanol–water partition coefficient (Wildman–Crippen LogP) is 2.79. The Morgan fingerprint density at radius 1 is 1.16 bits per heavy atom. The fourth-order valence-electron chi connectivity index (χ4n) is 2.25. The van der Waals surface area contributed by atoms with Gasteiger partial charge in [0.1, 0.15) is 0 Å². The number of likely N-dealkylation sites (N-methyl/N-ethyl adjacent to an activating group) is 1. The molecule has 0 aliphatic heterocycles. The van der Waals surface area contributed by atoms with Crippen LogP contribution in [-0.4, -0.2) is 54.6 Å². The van der Waals surface area contributed by atoms with Gasteiger partial charge in [-0.25, -0.2) is 4.79 Å².